The minimum absolute atomic E-state index is 0.00862. The van der Waals surface area contributed by atoms with Crippen molar-refractivity contribution in [1.29, 1.82) is 0 Å². The van der Waals surface area contributed by atoms with Gasteiger partial charge < -0.3 is 43.0 Å². The van der Waals surface area contributed by atoms with E-state index in [0.29, 0.717) is 5.56 Å². The van der Waals surface area contributed by atoms with Gasteiger partial charge in [0.2, 0.25) is 0 Å². The average Bonchev–Trinajstić information content (AvgIpc) is 3.69. The van der Waals surface area contributed by atoms with Crippen LogP contribution in [0.4, 0.5) is 4.79 Å². The van der Waals surface area contributed by atoms with Gasteiger partial charge in [0.15, 0.2) is 30.1 Å². The standard InChI is InChI=1S/C51H57NO14/c1-33-16-14-23-38(26-33)40(28-42(56)44(65-34(2)54)47(59-3)49(57)52-39(32-64-51(52)58)27-35-17-8-5-9-18-35)41(55)24-15-25-61-48-46(63-31-37-21-12-7-13-22-37)45(43(29-53)66-50(48)60-4)62-30-36-19-10-6-11-20-36/h5-14,16-23,26,28,39,43-48,50,53H,15,24-25,27,29-32H2,1-4H3/t39-,43+,44+,45+,46-,47-,48-,50-/m0/s1. The van der Waals surface area contributed by atoms with Crippen LogP contribution < -0.4 is 0 Å². The number of hydrogen-bond acceptors (Lipinski definition) is 14. The first-order valence-electron chi connectivity index (χ1n) is 21.8. The number of hydrogen-bond donors (Lipinski definition) is 1. The van der Waals surface area contributed by atoms with E-state index in [1.54, 1.807) is 18.2 Å². The number of ether oxygens (including phenoxy) is 8. The number of aliphatic hydroxyl groups is 1. The number of benzene rings is 4. The molecule has 15 heteroatoms. The number of methoxy groups -OCH3 is 2. The Morgan fingerprint density at radius 3 is 1.98 bits per heavy atom. The second-order valence-electron chi connectivity index (χ2n) is 16.0. The molecular weight excluding hydrogens is 851 g/mol. The highest BCUT2D eigenvalue weighted by Crippen LogP contribution is 2.31. The minimum Gasteiger partial charge on any atom is -0.451 e. The Kier molecular flexibility index (Phi) is 18.4. The molecule has 0 spiro atoms. The van der Waals surface area contributed by atoms with Crippen molar-refractivity contribution in [3.05, 3.63) is 149 Å². The maximum Gasteiger partial charge on any atom is 0.417 e. The molecule has 2 aliphatic rings. The Labute approximate surface area is 384 Å². The van der Waals surface area contributed by atoms with Gasteiger partial charge >= 0.3 is 12.1 Å². The highest BCUT2D eigenvalue weighted by Gasteiger charge is 2.49. The molecule has 0 aliphatic carbocycles. The van der Waals surface area contributed by atoms with Crippen LogP contribution in [-0.2, 0) is 76.7 Å². The van der Waals surface area contributed by atoms with E-state index in [0.717, 1.165) is 47.3 Å². The summed E-state index contributed by atoms with van der Waals surface area (Å²) < 4.78 is 47.4. The second kappa shape index (κ2) is 24.6. The zero-order valence-electron chi connectivity index (χ0n) is 37.5. The van der Waals surface area contributed by atoms with Gasteiger partial charge in [0.25, 0.3) is 5.91 Å². The zero-order valence-corrected chi connectivity index (χ0v) is 37.5. The van der Waals surface area contributed by atoms with Crippen molar-refractivity contribution < 1.29 is 67.0 Å². The summed E-state index contributed by atoms with van der Waals surface area (Å²) in [7, 11) is 2.61. The van der Waals surface area contributed by atoms with Crippen LogP contribution in [-0.4, -0.2) is 123 Å². The van der Waals surface area contributed by atoms with Gasteiger partial charge in [-0.1, -0.05) is 121 Å². The molecule has 1 N–H and O–H groups in total. The third-order valence-electron chi connectivity index (χ3n) is 11.2. The molecule has 8 atom stereocenters. The first-order valence-corrected chi connectivity index (χ1v) is 21.8. The van der Waals surface area contributed by atoms with Crippen LogP contribution in [0.15, 0.2) is 121 Å². The summed E-state index contributed by atoms with van der Waals surface area (Å²) in [4.78, 5) is 69.0. The number of aryl methyl sites for hydroxylation is 1. The van der Waals surface area contributed by atoms with Crippen LogP contribution in [0, 0.1) is 6.92 Å². The molecule has 15 nitrogen and oxygen atoms in total. The van der Waals surface area contributed by atoms with Crippen molar-refractivity contribution in [2.24, 2.45) is 0 Å². The molecule has 2 saturated heterocycles. The van der Waals surface area contributed by atoms with Crippen LogP contribution in [0.3, 0.4) is 0 Å². The molecule has 0 unspecified atom stereocenters. The van der Waals surface area contributed by atoms with E-state index in [2.05, 4.69) is 0 Å². The van der Waals surface area contributed by atoms with Crippen LogP contribution in [0.2, 0.25) is 0 Å². The molecule has 0 bridgehead atoms. The van der Waals surface area contributed by atoms with E-state index >= 15 is 0 Å². The fraction of sp³-hybridized carbons (Fsp3) is 0.392. The van der Waals surface area contributed by atoms with E-state index < -0.39 is 78.5 Å². The summed E-state index contributed by atoms with van der Waals surface area (Å²) in [6.45, 7) is 2.85. The van der Waals surface area contributed by atoms with Crippen LogP contribution >= 0.6 is 0 Å². The maximum atomic E-state index is 14.3. The van der Waals surface area contributed by atoms with Gasteiger partial charge in [0, 0.05) is 39.7 Å². The maximum absolute atomic E-state index is 14.3. The number of cyclic esters (lactones) is 1. The van der Waals surface area contributed by atoms with Crippen LogP contribution in [0.25, 0.3) is 5.57 Å². The van der Waals surface area contributed by atoms with E-state index in [9.17, 15) is 29.1 Å². The Balaban J connectivity index is 1.21. The molecule has 4 aromatic rings. The molecule has 2 fully saturated rings. The lowest BCUT2D eigenvalue weighted by Gasteiger charge is -2.45. The number of aliphatic hydroxyl groups excluding tert-OH is 1. The van der Waals surface area contributed by atoms with E-state index in [-0.39, 0.29) is 57.9 Å². The number of ketones is 2. The topological polar surface area (TPSA) is 183 Å². The first kappa shape index (κ1) is 49.5. The molecule has 0 aromatic heterocycles. The fourth-order valence-electron chi connectivity index (χ4n) is 7.97. The molecule has 2 heterocycles. The predicted octanol–water partition coefficient (Wildman–Crippen LogP) is 5.75. The molecule has 66 heavy (non-hydrogen) atoms. The number of carbonyl (C=O) groups is 5. The van der Waals surface area contributed by atoms with E-state index in [1.807, 2.05) is 104 Å². The summed E-state index contributed by atoms with van der Waals surface area (Å²) in [5.74, 6) is -3.21. The summed E-state index contributed by atoms with van der Waals surface area (Å²) in [6.07, 6.45) is -7.41. The molecular formula is C51H57NO14. The Morgan fingerprint density at radius 2 is 1.41 bits per heavy atom. The Morgan fingerprint density at radius 1 is 0.788 bits per heavy atom. The van der Waals surface area contributed by atoms with Gasteiger partial charge in [0.1, 0.15) is 31.0 Å². The predicted molar refractivity (Wildman–Crippen MR) is 239 cm³/mol. The second-order valence-corrected chi connectivity index (χ2v) is 16.0. The lowest BCUT2D eigenvalue weighted by Crippen LogP contribution is -2.61. The highest BCUT2D eigenvalue weighted by atomic mass is 16.7. The number of imide groups is 1. The summed E-state index contributed by atoms with van der Waals surface area (Å²) in [5.41, 5.74) is 3.84. The number of amides is 2. The van der Waals surface area contributed by atoms with E-state index in [4.69, 9.17) is 37.9 Å². The van der Waals surface area contributed by atoms with Gasteiger partial charge in [-0.3, -0.25) is 19.2 Å². The number of nitrogens with zero attached hydrogens (tertiary/aromatic N) is 1. The summed E-state index contributed by atoms with van der Waals surface area (Å²) >= 11 is 0. The lowest BCUT2D eigenvalue weighted by molar-refractivity contribution is -0.319. The van der Waals surface area contributed by atoms with Gasteiger partial charge in [-0.05, 0) is 48.1 Å². The monoisotopic (exact) mass is 907 g/mol. The lowest BCUT2D eigenvalue weighted by atomic mass is 9.94. The molecule has 2 amide bonds. The molecule has 0 radical (unpaired) electrons. The number of esters is 1. The van der Waals surface area contributed by atoms with E-state index in [1.165, 1.54) is 7.11 Å². The Hall–Kier alpha value is -5.91. The Bertz CT molecular complexity index is 2250. The number of Topliss-reactive ketones (excluding diaryl/α,β-unsaturated/α-hetero) is 1. The average molecular weight is 908 g/mol. The van der Waals surface area contributed by atoms with Gasteiger partial charge in [0.05, 0.1) is 25.9 Å². The number of carbonyl (C=O) groups excluding carboxylic acids is 5. The van der Waals surface area contributed by atoms with Crippen molar-refractivity contribution in [2.75, 3.05) is 34.0 Å². The summed E-state index contributed by atoms with van der Waals surface area (Å²) in [5, 5.41) is 10.4. The largest absolute Gasteiger partial charge is 0.451 e. The van der Waals surface area contributed by atoms with Crippen LogP contribution in [0.5, 0.6) is 0 Å². The SMILES string of the molecule is CO[C@H]1O[C@H](CO)[C@@H](OCc2ccccc2)[C@H](OCc2ccccc2)[C@@H]1OCCCC(=O)C(=CC(=O)[C@@H](OC(C)=O)[C@H](OC)C(=O)N1C(=O)OC[C@@H]1Cc1ccccc1)c1cccc(C)c1. The molecule has 350 valence electrons. The molecule has 4 aromatic carbocycles. The smallest absolute Gasteiger partial charge is 0.417 e. The van der Waals surface area contributed by atoms with Gasteiger partial charge in [-0.15, -0.1) is 0 Å². The molecule has 2 aliphatic heterocycles. The third kappa shape index (κ3) is 13.1. The van der Waals surface area contributed by atoms with Crippen molar-refractivity contribution >= 4 is 35.1 Å². The first-order chi connectivity index (χ1) is 32.0. The zero-order chi connectivity index (χ0) is 47.0. The van der Waals surface area contributed by atoms with Gasteiger partial charge in [-0.2, -0.15) is 0 Å². The highest BCUT2D eigenvalue weighted by molar-refractivity contribution is 6.25. The van der Waals surface area contributed by atoms with Gasteiger partial charge in [-0.25, -0.2) is 9.69 Å². The molecule has 0 saturated carbocycles. The van der Waals surface area contributed by atoms with Crippen LogP contribution in [0.1, 0.15) is 47.6 Å². The van der Waals surface area contributed by atoms with Crippen molar-refractivity contribution in [2.45, 2.75) is 95.3 Å². The van der Waals surface area contributed by atoms with Crippen molar-refractivity contribution in [3.8, 4) is 0 Å². The molecule has 6 rings (SSSR count). The normalized spacial score (nSPS) is 21.7. The summed E-state index contributed by atoms with van der Waals surface area (Å²) in [6, 6.07) is 34.5. The number of rotatable bonds is 23. The fourth-order valence-corrected chi connectivity index (χ4v) is 7.97. The quantitative estimate of drug-likeness (QED) is 0.0539. The van der Waals surface area contributed by atoms with Crippen molar-refractivity contribution in [1.82, 2.24) is 4.90 Å². The third-order valence-corrected chi connectivity index (χ3v) is 11.2. The minimum atomic E-state index is -1.87. The number of allylic oxidation sites excluding steroid dienone is 1. The van der Waals surface area contributed by atoms with Crippen molar-refractivity contribution in [3.63, 3.8) is 0 Å².